The van der Waals surface area contributed by atoms with E-state index in [9.17, 15) is 0 Å². The molecule has 4 rings (SSSR count). The molecule has 0 aliphatic carbocycles. The maximum Gasteiger partial charge on any atom is 0.146 e. The first kappa shape index (κ1) is 8.30. The largest absolute Gasteiger partial charge is 0.291 e. The third-order valence-corrected chi connectivity index (χ3v) is 3.80. The molecule has 0 saturated carbocycles. The van der Waals surface area contributed by atoms with Gasteiger partial charge in [0.15, 0.2) is 0 Å². The molecule has 4 aromatic rings. The van der Waals surface area contributed by atoms with Gasteiger partial charge in [-0.3, -0.25) is 4.40 Å². The molecule has 2 nitrogen and oxygen atoms in total. The Bertz CT molecular complexity index is 804. The molecule has 0 aliphatic heterocycles. The smallest absolute Gasteiger partial charge is 0.146 e. The van der Waals surface area contributed by atoms with Gasteiger partial charge in [0.05, 0.1) is 0 Å². The first-order valence-corrected chi connectivity index (χ1v) is 6.04. The Morgan fingerprint density at radius 2 is 2.00 bits per heavy atom. The van der Waals surface area contributed by atoms with Crippen molar-refractivity contribution in [3.63, 3.8) is 0 Å². The average molecular weight is 224 g/mol. The van der Waals surface area contributed by atoms with Gasteiger partial charge in [0, 0.05) is 11.6 Å². The van der Waals surface area contributed by atoms with E-state index in [4.69, 9.17) is 0 Å². The van der Waals surface area contributed by atoms with Gasteiger partial charge in [-0.25, -0.2) is 4.98 Å². The van der Waals surface area contributed by atoms with Crippen molar-refractivity contribution in [1.29, 1.82) is 0 Å². The quantitative estimate of drug-likeness (QED) is 0.445. The van der Waals surface area contributed by atoms with E-state index in [1.807, 2.05) is 0 Å². The molecule has 76 valence electrons. The second-order valence-corrected chi connectivity index (χ2v) is 4.71. The van der Waals surface area contributed by atoms with Crippen LogP contribution >= 0.6 is 11.3 Å². The van der Waals surface area contributed by atoms with Crippen molar-refractivity contribution in [3.05, 3.63) is 48.0 Å². The van der Waals surface area contributed by atoms with Gasteiger partial charge in [-0.2, -0.15) is 0 Å². The first-order chi connectivity index (χ1) is 7.93. The monoisotopic (exact) mass is 224 g/mol. The minimum atomic E-state index is 1.06. The fourth-order valence-electron chi connectivity index (χ4n) is 2.15. The molecule has 3 heteroatoms. The van der Waals surface area contributed by atoms with Gasteiger partial charge in [0.25, 0.3) is 0 Å². The van der Waals surface area contributed by atoms with E-state index in [1.54, 1.807) is 11.3 Å². The third-order valence-electron chi connectivity index (χ3n) is 2.90. The van der Waals surface area contributed by atoms with Crippen molar-refractivity contribution < 1.29 is 0 Å². The number of benzene rings is 1. The number of fused-ring (bicyclic) bond motifs is 5. The summed E-state index contributed by atoms with van der Waals surface area (Å²) in [4.78, 5) is 5.90. The third kappa shape index (κ3) is 0.933. The Hall–Kier alpha value is -1.87. The zero-order chi connectivity index (χ0) is 10.5. The zero-order valence-electron chi connectivity index (χ0n) is 8.42. The van der Waals surface area contributed by atoms with Gasteiger partial charge in [-0.1, -0.05) is 24.3 Å². The van der Waals surface area contributed by atoms with Crippen molar-refractivity contribution in [1.82, 2.24) is 9.38 Å². The predicted octanol–water partition coefficient (Wildman–Crippen LogP) is 3.70. The van der Waals surface area contributed by atoms with Crippen LogP contribution in [0.2, 0.25) is 0 Å². The van der Waals surface area contributed by atoms with Crippen LogP contribution in [0, 0.1) is 0 Å². The van der Waals surface area contributed by atoms with Crippen molar-refractivity contribution in [2.45, 2.75) is 0 Å². The van der Waals surface area contributed by atoms with Crippen LogP contribution in [-0.4, -0.2) is 9.38 Å². The summed E-state index contributed by atoms with van der Waals surface area (Å²) in [5.41, 5.74) is 2.14. The van der Waals surface area contributed by atoms with Crippen molar-refractivity contribution in [3.8, 4) is 0 Å². The Morgan fingerprint density at radius 1 is 1.06 bits per heavy atom. The average Bonchev–Trinajstić information content (AvgIpc) is 2.88. The molecule has 16 heavy (non-hydrogen) atoms. The molecule has 0 N–H and O–H groups in total. The van der Waals surface area contributed by atoms with Crippen LogP contribution in [0.15, 0.2) is 48.0 Å². The minimum absolute atomic E-state index is 1.06. The predicted molar refractivity (Wildman–Crippen MR) is 68.1 cm³/mol. The Balaban J connectivity index is 2.36. The molecule has 0 spiro atoms. The number of thiophene rings is 1. The van der Waals surface area contributed by atoms with Gasteiger partial charge in [0.1, 0.15) is 16.0 Å². The van der Waals surface area contributed by atoms with Crippen LogP contribution in [0.25, 0.3) is 26.8 Å². The summed E-state index contributed by atoms with van der Waals surface area (Å²) in [6, 6.07) is 12.6. The highest BCUT2D eigenvalue weighted by atomic mass is 32.1. The lowest BCUT2D eigenvalue weighted by Gasteiger charge is -1.99. The fourth-order valence-corrected chi connectivity index (χ4v) is 2.97. The van der Waals surface area contributed by atoms with Gasteiger partial charge in [0.2, 0.25) is 0 Å². The first-order valence-electron chi connectivity index (χ1n) is 5.16. The van der Waals surface area contributed by atoms with E-state index < -0.39 is 0 Å². The lowest BCUT2D eigenvalue weighted by Crippen LogP contribution is -1.84. The SMILES string of the molecule is c1ccc2c(c1)ccn1c2nc2ccsc21. The molecular weight excluding hydrogens is 216 g/mol. The van der Waals surface area contributed by atoms with Crippen molar-refractivity contribution in [2.75, 3.05) is 0 Å². The second kappa shape index (κ2) is 2.83. The maximum absolute atomic E-state index is 4.68. The zero-order valence-corrected chi connectivity index (χ0v) is 9.24. The van der Waals surface area contributed by atoms with E-state index in [0.29, 0.717) is 0 Å². The minimum Gasteiger partial charge on any atom is -0.291 e. The standard InChI is InChI=1S/C13H8N2S/c1-2-4-10-9(3-1)5-7-15-12(10)14-11-6-8-16-13(11)15/h1-8H. The number of hydrogen-bond donors (Lipinski definition) is 0. The van der Waals surface area contributed by atoms with Gasteiger partial charge < -0.3 is 0 Å². The van der Waals surface area contributed by atoms with Crippen LogP contribution in [0.3, 0.4) is 0 Å². The van der Waals surface area contributed by atoms with Gasteiger partial charge in [-0.05, 0) is 22.9 Å². The molecule has 0 amide bonds. The lowest BCUT2D eigenvalue weighted by molar-refractivity contribution is 1.26. The molecule has 0 unspecified atom stereocenters. The van der Waals surface area contributed by atoms with Crippen LogP contribution in [0.1, 0.15) is 0 Å². The van der Waals surface area contributed by atoms with Crippen LogP contribution in [-0.2, 0) is 0 Å². The molecule has 3 heterocycles. The molecule has 3 aromatic heterocycles. The van der Waals surface area contributed by atoms with Crippen molar-refractivity contribution >= 4 is 38.1 Å². The van der Waals surface area contributed by atoms with E-state index in [1.165, 1.54) is 15.6 Å². The second-order valence-electron chi connectivity index (χ2n) is 3.82. The number of pyridine rings is 1. The normalized spacial score (nSPS) is 11.8. The number of hydrogen-bond acceptors (Lipinski definition) is 2. The summed E-state index contributed by atoms with van der Waals surface area (Å²) < 4.78 is 2.17. The highest BCUT2D eigenvalue weighted by molar-refractivity contribution is 7.16. The van der Waals surface area contributed by atoms with Gasteiger partial charge in [-0.15, -0.1) is 11.3 Å². The molecule has 0 radical (unpaired) electrons. The van der Waals surface area contributed by atoms with E-state index in [-0.39, 0.29) is 0 Å². The summed E-state index contributed by atoms with van der Waals surface area (Å²) in [5.74, 6) is 0. The highest BCUT2D eigenvalue weighted by Crippen LogP contribution is 2.26. The number of imidazole rings is 1. The number of rotatable bonds is 0. The fraction of sp³-hybridized carbons (Fsp3) is 0. The molecule has 0 aliphatic rings. The van der Waals surface area contributed by atoms with Crippen LogP contribution in [0.5, 0.6) is 0 Å². The Kier molecular flexibility index (Phi) is 1.47. The Labute approximate surface area is 95.8 Å². The summed E-state index contributed by atoms with van der Waals surface area (Å²) in [6.45, 7) is 0. The van der Waals surface area contributed by atoms with Crippen LogP contribution < -0.4 is 0 Å². The summed E-state index contributed by atoms with van der Waals surface area (Å²) >= 11 is 1.73. The molecular formula is C13H8N2S. The Morgan fingerprint density at radius 3 is 3.00 bits per heavy atom. The van der Waals surface area contributed by atoms with E-state index in [2.05, 4.69) is 57.4 Å². The molecule has 0 atom stereocenters. The number of aromatic nitrogens is 2. The number of nitrogens with zero attached hydrogens (tertiary/aromatic N) is 2. The summed E-state index contributed by atoms with van der Waals surface area (Å²) in [7, 11) is 0. The summed E-state index contributed by atoms with van der Waals surface area (Å²) in [6.07, 6.45) is 2.10. The van der Waals surface area contributed by atoms with Gasteiger partial charge >= 0.3 is 0 Å². The molecule has 0 bridgehead atoms. The van der Waals surface area contributed by atoms with E-state index in [0.717, 1.165) is 11.2 Å². The lowest BCUT2D eigenvalue weighted by atomic mass is 10.2. The summed E-state index contributed by atoms with van der Waals surface area (Å²) in [5, 5.41) is 4.54. The topological polar surface area (TPSA) is 17.3 Å². The van der Waals surface area contributed by atoms with Crippen LogP contribution in [0.4, 0.5) is 0 Å². The van der Waals surface area contributed by atoms with E-state index >= 15 is 0 Å². The molecule has 1 aromatic carbocycles. The molecule has 0 fully saturated rings. The molecule has 0 saturated heterocycles. The van der Waals surface area contributed by atoms with Crippen molar-refractivity contribution in [2.24, 2.45) is 0 Å². The highest BCUT2D eigenvalue weighted by Gasteiger charge is 2.07. The maximum atomic E-state index is 4.68.